The molecule has 0 saturated heterocycles. The number of hydrogen-bond donors (Lipinski definition) is 2. The van der Waals surface area contributed by atoms with E-state index in [0.717, 1.165) is 36.8 Å². The van der Waals surface area contributed by atoms with Crippen LogP contribution in [-0.4, -0.2) is 26.9 Å². The minimum absolute atomic E-state index is 0.129. The summed E-state index contributed by atoms with van der Waals surface area (Å²) in [5, 5.41) is 10.9. The Balaban J connectivity index is 2.02. The summed E-state index contributed by atoms with van der Waals surface area (Å²) in [5.41, 5.74) is 1.92. The zero-order valence-electron chi connectivity index (χ0n) is 18.3. The molecule has 1 aromatic carbocycles. The topological polar surface area (TPSA) is 105 Å². The average Bonchev–Trinajstić information content (AvgIpc) is 2.69. The summed E-state index contributed by atoms with van der Waals surface area (Å²) >= 11 is 0. The third-order valence-corrected chi connectivity index (χ3v) is 5.18. The maximum absolute atomic E-state index is 12.6. The van der Waals surface area contributed by atoms with Crippen LogP contribution in [0.2, 0.25) is 0 Å². The Morgan fingerprint density at radius 1 is 1.10 bits per heavy atom. The lowest BCUT2D eigenvalue weighted by atomic mass is 9.96. The van der Waals surface area contributed by atoms with Crippen LogP contribution in [0.5, 0.6) is 0 Å². The number of amides is 1. The molecule has 2 aromatic rings. The summed E-state index contributed by atoms with van der Waals surface area (Å²) in [6.07, 6.45) is 4.99. The number of nitrogens with zero attached hydrogens (tertiary/aromatic N) is 2. The van der Waals surface area contributed by atoms with E-state index >= 15 is 0 Å². The van der Waals surface area contributed by atoms with Gasteiger partial charge in [0.1, 0.15) is 17.3 Å². The molecule has 7 heteroatoms. The molecule has 0 bridgehead atoms. The molecule has 1 heterocycles. The first-order chi connectivity index (χ1) is 14.3. The highest BCUT2D eigenvalue weighted by Crippen LogP contribution is 2.15. The molecule has 162 valence electrons. The number of aryl methyl sites for hydroxylation is 1. The maximum atomic E-state index is 12.6. The molecule has 2 unspecified atom stereocenters. The van der Waals surface area contributed by atoms with Crippen molar-refractivity contribution >= 4 is 11.7 Å². The fourth-order valence-corrected chi connectivity index (χ4v) is 3.32. The first-order valence-corrected chi connectivity index (χ1v) is 10.6. The molecule has 1 aromatic heterocycles. The van der Waals surface area contributed by atoms with Crippen LogP contribution >= 0.6 is 0 Å². The van der Waals surface area contributed by atoms with Gasteiger partial charge in [0.2, 0.25) is 5.91 Å². The number of hydrogen-bond acceptors (Lipinski definition) is 5. The molecule has 0 spiro atoms. The van der Waals surface area contributed by atoms with E-state index < -0.39 is 12.0 Å². The van der Waals surface area contributed by atoms with Crippen molar-refractivity contribution in [3.63, 3.8) is 0 Å². The number of carbonyl (C=O) groups excluding carboxylic acids is 2. The molecule has 1 amide bonds. The standard InChI is InChI=1S/C23H32N4O3/c1-5-6-7-8-9-19(17(4)28)22(29)24-16(3)21-23(30)25-20(26-27-21)14-18-12-10-15(2)11-13-18/h10-13,16,19H,5-9,14H2,1-4H3,(H,24,29)(H,25,26,30). The number of aromatic amines is 1. The quantitative estimate of drug-likeness (QED) is 0.435. The number of ketones is 1. The van der Waals surface area contributed by atoms with E-state index in [1.54, 1.807) is 6.92 Å². The number of Topliss-reactive ketones (excluding diaryl/α,β-unsaturated/α-hetero) is 1. The van der Waals surface area contributed by atoms with E-state index in [4.69, 9.17) is 0 Å². The lowest BCUT2D eigenvalue weighted by Gasteiger charge is -2.17. The summed E-state index contributed by atoms with van der Waals surface area (Å²) in [4.78, 5) is 39.7. The Morgan fingerprint density at radius 2 is 1.80 bits per heavy atom. The van der Waals surface area contributed by atoms with Crippen LogP contribution in [0.1, 0.15) is 81.6 Å². The van der Waals surface area contributed by atoms with E-state index in [0.29, 0.717) is 18.7 Å². The zero-order valence-corrected chi connectivity index (χ0v) is 18.3. The Bertz CT molecular complexity index is 905. The predicted octanol–water partition coefficient (Wildman–Crippen LogP) is 3.42. The van der Waals surface area contributed by atoms with Gasteiger partial charge in [0.25, 0.3) is 5.56 Å². The van der Waals surface area contributed by atoms with Crippen LogP contribution in [0.15, 0.2) is 29.1 Å². The number of carbonyl (C=O) groups is 2. The summed E-state index contributed by atoms with van der Waals surface area (Å²) in [6, 6.07) is 7.32. The molecule has 0 aliphatic carbocycles. The summed E-state index contributed by atoms with van der Waals surface area (Å²) in [6.45, 7) is 7.23. The van der Waals surface area contributed by atoms with Gasteiger partial charge in [0, 0.05) is 6.42 Å². The number of H-pyrrole nitrogens is 1. The lowest BCUT2D eigenvalue weighted by molar-refractivity contribution is -0.133. The molecule has 2 atom stereocenters. The van der Waals surface area contributed by atoms with Crippen molar-refractivity contribution in [2.45, 2.75) is 72.3 Å². The van der Waals surface area contributed by atoms with Crippen molar-refractivity contribution in [3.05, 3.63) is 57.3 Å². The van der Waals surface area contributed by atoms with Gasteiger partial charge in [0.15, 0.2) is 0 Å². The zero-order chi connectivity index (χ0) is 22.1. The molecule has 7 nitrogen and oxygen atoms in total. The largest absolute Gasteiger partial charge is 0.347 e. The molecule has 2 rings (SSSR count). The number of aromatic nitrogens is 3. The Kier molecular flexibility index (Phi) is 8.89. The maximum Gasteiger partial charge on any atom is 0.275 e. The molecule has 0 fully saturated rings. The highest BCUT2D eigenvalue weighted by molar-refractivity contribution is 6.00. The van der Waals surface area contributed by atoms with E-state index in [1.807, 2.05) is 31.2 Å². The number of benzene rings is 1. The Labute approximate surface area is 177 Å². The minimum Gasteiger partial charge on any atom is -0.347 e. The van der Waals surface area contributed by atoms with E-state index in [2.05, 4.69) is 27.4 Å². The lowest BCUT2D eigenvalue weighted by Crippen LogP contribution is -2.38. The normalized spacial score (nSPS) is 12.9. The van der Waals surface area contributed by atoms with E-state index in [-0.39, 0.29) is 22.9 Å². The van der Waals surface area contributed by atoms with Gasteiger partial charge >= 0.3 is 0 Å². The molecule has 0 aliphatic heterocycles. The van der Waals surface area contributed by atoms with E-state index in [9.17, 15) is 14.4 Å². The summed E-state index contributed by atoms with van der Waals surface area (Å²) in [5.74, 6) is -0.762. The predicted molar refractivity (Wildman–Crippen MR) is 116 cm³/mol. The van der Waals surface area contributed by atoms with Crippen molar-refractivity contribution in [3.8, 4) is 0 Å². The molecule has 0 aliphatic rings. The smallest absolute Gasteiger partial charge is 0.275 e. The summed E-state index contributed by atoms with van der Waals surface area (Å²) in [7, 11) is 0. The van der Waals surface area contributed by atoms with Gasteiger partial charge in [-0.3, -0.25) is 14.4 Å². The first kappa shape index (κ1) is 23.4. The second-order valence-electron chi connectivity index (χ2n) is 7.89. The fourth-order valence-electron chi connectivity index (χ4n) is 3.32. The SMILES string of the molecule is CCCCCCC(C(C)=O)C(=O)NC(C)c1nnc(Cc2ccc(C)cc2)[nH]c1=O. The van der Waals surface area contributed by atoms with Gasteiger partial charge in [-0.1, -0.05) is 62.4 Å². The van der Waals surface area contributed by atoms with Crippen LogP contribution in [0, 0.1) is 12.8 Å². The monoisotopic (exact) mass is 412 g/mol. The van der Waals surface area contributed by atoms with Gasteiger partial charge in [-0.15, -0.1) is 10.2 Å². The molecule has 0 radical (unpaired) electrons. The molecular formula is C23H32N4O3. The van der Waals surface area contributed by atoms with Gasteiger partial charge in [-0.05, 0) is 32.8 Å². The Hall–Kier alpha value is -2.83. The molecule has 0 saturated carbocycles. The van der Waals surface area contributed by atoms with Gasteiger partial charge in [-0.2, -0.15) is 0 Å². The summed E-state index contributed by atoms with van der Waals surface area (Å²) < 4.78 is 0. The van der Waals surface area contributed by atoms with Crippen LogP contribution < -0.4 is 10.9 Å². The van der Waals surface area contributed by atoms with Gasteiger partial charge in [0.05, 0.1) is 12.0 Å². The van der Waals surface area contributed by atoms with Crippen molar-refractivity contribution in [1.82, 2.24) is 20.5 Å². The number of nitrogens with one attached hydrogen (secondary N) is 2. The van der Waals surface area contributed by atoms with Gasteiger partial charge < -0.3 is 10.3 Å². The van der Waals surface area contributed by atoms with Crippen molar-refractivity contribution in [1.29, 1.82) is 0 Å². The van der Waals surface area contributed by atoms with Crippen LogP contribution in [0.25, 0.3) is 0 Å². The Morgan fingerprint density at radius 3 is 2.40 bits per heavy atom. The third-order valence-electron chi connectivity index (χ3n) is 5.18. The molecule has 2 N–H and O–H groups in total. The van der Waals surface area contributed by atoms with E-state index in [1.165, 1.54) is 6.92 Å². The first-order valence-electron chi connectivity index (χ1n) is 10.6. The number of unbranched alkanes of at least 4 members (excludes halogenated alkanes) is 3. The van der Waals surface area contributed by atoms with Crippen LogP contribution in [0.4, 0.5) is 0 Å². The van der Waals surface area contributed by atoms with Crippen molar-refractivity contribution in [2.75, 3.05) is 0 Å². The number of rotatable bonds is 11. The highest BCUT2D eigenvalue weighted by Gasteiger charge is 2.25. The third kappa shape index (κ3) is 6.90. The fraction of sp³-hybridized carbons (Fsp3) is 0.522. The van der Waals surface area contributed by atoms with Crippen molar-refractivity contribution in [2.24, 2.45) is 5.92 Å². The molecule has 30 heavy (non-hydrogen) atoms. The molecular weight excluding hydrogens is 380 g/mol. The highest BCUT2D eigenvalue weighted by atomic mass is 16.2. The van der Waals surface area contributed by atoms with Gasteiger partial charge in [-0.25, -0.2) is 0 Å². The van der Waals surface area contributed by atoms with Crippen LogP contribution in [-0.2, 0) is 16.0 Å². The van der Waals surface area contributed by atoms with Crippen molar-refractivity contribution < 1.29 is 9.59 Å². The average molecular weight is 413 g/mol. The van der Waals surface area contributed by atoms with Crippen LogP contribution in [0.3, 0.4) is 0 Å². The second kappa shape index (κ2) is 11.4. The minimum atomic E-state index is -0.697. The second-order valence-corrected chi connectivity index (χ2v) is 7.89.